The van der Waals surface area contributed by atoms with Crippen LogP contribution in [0.1, 0.15) is 5.56 Å². The molecule has 6 heteroatoms. The summed E-state index contributed by atoms with van der Waals surface area (Å²) in [6.45, 7) is 1.68. The smallest absolute Gasteiger partial charge is 0.321 e. The Morgan fingerprint density at radius 2 is 2.20 bits per heavy atom. The van der Waals surface area contributed by atoms with Crippen LogP contribution < -0.4 is 11.1 Å². The topological polar surface area (TPSA) is 77.0 Å². The maximum Gasteiger partial charge on any atom is 0.321 e. The van der Waals surface area contributed by atoms with Gasteiger partial charge in [-0.2, -0.15) is 0 Å². The van der Waals surface area contributed by atoms with Crippen LogP contribution >= 0.6 is 0 Å². The van der Waals surface area contributed by atoms with Gasteiger partial charge in [-0.05, 0) is 24.6 Å². The van der Waals surface area contributed by atoms with Crippen molar-refractivity contribution in [3.8, 4) is 0 Å². The highest BCUT2D eigenvalue weighted by Gasteiger charge is 2.04. The molecule has 1 aromatic heterocycles. The highest BCUT2D eigenvalue weighted by Crippen LogP contribution is 2.18. The van der Waals surface area contributed by atoms with Gasteiger partial charge in [-0.15, -0.1) is 0 Å². The lowest BCUT2D eigenvalue weighted by Crippen LogP contribution is -1.92. The van der Waals surface area contributed by atoms with Crippen LogP contribution in [-0.4, -0.2) is 10.2 Å². The molecule has 0 spiro atoms. The van der Waals surface area contributed by atoms with E-state index in [2.05, 4.69) is 15.5 Å². The van der Waals surface area contributed by atoms with Gasteiger partial charge in [-0.25, -0.2) is 4.39 Å². The number of aromatic nitrogens is 2. The van der Waals surface area contributed by atoms with Crippen molar-refractivity contribution in [1.29, 1.82) is 0 Å². The first kappa shape index (κ1) is 9.45. The summed E-state index contributed by atoms with van der Waals surface area (Å²) >= 11 is 0. The molecule has 15 heavy (non-hydrogen) atoms. The van der Waals surface area contributed by atoms with Crippen LogP contribution in [0.15, 0.2) is 22.6 Å². The summed E-state index contributed by atoms with van der Waals surface area (Å²) in [4.78, 5) is 0. The van der Waals surface area contributed by atoms with E-state index >= 15 is 0 Å². The second-order valence-electron chi connectivity index (χ2n) is 3.03. The molecule has 0 aliphatic heterocycles. The molecular formula is C9H9FN4O. The summed E-state index contributed by atoms with van der Waals surface area (Å²) in [5, 5.41) is 9.78. The molecule has 0 aliphatic carbocycles. The van der Waals surface area contributed by atoms with Crippen LogP contribution in [0, 0.1) is 12.7 Å². The van der Waals surface area contributed by atoms with Crippen LogP contribution in [0.25, 0.3) is 0 Å². The highest BCUT2D eigenvalue weighted by molar-refractivity contribution is 5.52. The molecular weight excluding hydrogens is 199 g/mol. The third-order valence-corrected chi connectivity index (χ3v) is 1.86. The maximum atomic E-state index is 13.2. The summed E-state index contributed by atoms with van der Waals surface area (Å²) in [6, 6.07) is 4.80. The Hall–Kier alpha value is -2.11. The average Bonchev–Trinajstić information content (AvgIpc) is 2.58. The predicted octanol–water partition coefficient (Wildman–Crippen LogP) is 1.84. The van der Waals surface area contributed by atoms with E-state index in [9.17, 15) is 4.39 Å². The SMILES string of the molecule is Cc1ccc(Nc2nnc(N)o2)cc1F. The van der Waals surface area contributed by atoms with Gasteiger partial charge in [0.05, 0.1) is 0 Å². The molecule has 0 atom stereocenters. The number of nitrogens with one attached hydrogen (secondary N) is 1. The quantitative estimate of drug-likeness (QED) is 0.787. The van der Waals surface area contributed by atoms with Gasteiger partial charge in [0.15, 0.2) is 0 Å². The van der Waals surface area contributed by atoms with Crippen molar-refractivity contribution in [2.45, 2.75) is 6.92 Å². The van der Waals surface area contributed by atoms with Crippen LogP contribution in [0.3, 0.4) is 0 Å². The average molecular weight is 208 g/mol. The fourth-order valence-corrected chi connectivity index (χ4v) is 1.08. The van der Waals surface area contributed by atoms with Crippen LogP contribution in [-0.2, 0) is 0 Å². The zero-order valence-corrected chi connectivity index (χ0v) is 7.99. The molecule has 78 valence electrons. The van der Waals surface area contributed by atoms with Crippen molar-refractivity contribution in [3.63, 3.8) is 0 Å². The van der Waals surface area contributed by atoms with E-state index in [4.69, 9.17) is 10.2 Å². The van der Waals surface area contributed by atoms with E-state index in [0.29, 0.717) is 11.3 Å². The number of nitrogens with zero attached hydrogens (tertiary/aromatic N) is 2. The highest BCUT2D eigenvalue weighted by atomic mass is 19.1. The summed E-state index contributed by atoms with van der Waals surface area (Å²) in [5.41, 5.74) is 6.34. The van der Waals surface area contributed by atoms with Gasteiger partial charge in [0, 0.05) is 5.69 Å². The van der Waals surface area contributed by atoms with E-state index in [1.165, 1.54) is 6.07 Å². The molecule has 0 amide bonds. The summed E-state index contributed by atoms with van der Waals surface area (Å²) in [6.07, 6.45) is 0. The first-order valence-electron chi connectivity index (χ1n) is 4.27. The Morgan fingerprint density at radius 3 is 2.80 bits per heavy atom. The third-order valence-electron chi connectivity index (χ3n) is 1.86. The van der Waals surface area contributed by atoms with E-state index in [1.807, 2.05) is 0 Å². The molecule has 0 saturated heterocycles. The largest absolute Gasteiger partial charge is 0.389 e. The molecule has 5 nitrogen and oxygen atoms in total. The Morgan fingerprint density at radius 1 is 1.40 bits per heavy atom. The van der Waals surface area contributed by atoms with Crippen molar-refractivity contribution < 1.29 is 8.81 Å². The molecule has 0 unspecified atom stereocenters. The van der Waals surface area contributed by atoms with Crippen molar-refractivity contribution in [3.05, 3.63) is 29.6 Å². The molecule has 0 fully saturated rings. The van der Waals surface area contributed by atoms with Gasteiger partial charge in [0.1, 0.15) is 5.82 Å². The third kappa shape index (κ3) is 2.04. The fraction of sp³-hybridized carbons (Fsp3) is 0.111. The minimum atomic E-state index is -0.299. The van der Waals surface area contributed by atoms with Crippen LogP contribution in [0.4, 0.5) is 22.1 Å². The van der Waals surface area contributed by atoms with E-state index < -0.39 is 0 Å². The van der Waals surface area contributed by atoms with Crippen molar-refractivity contribution in [1.82, 2.24) is 10.2 Å². The second-order valence-corrected chi connectivity index (χ2v) is 3.03. The number of hydrogen-bond acceptors (Lipinski definition) is 5. The van der Waals surface area contributed by atoms with E-state index in [1.54, 1.807) is 19.1 Å². The summed E-state index contributed by atoms with van der Waals surface area (Å²) in [7, 11) is 0. The number of nitrogens with two attached hydrogens (primary N) is 1. The Balaban J connectivity index is 2.21. The Bertz CT molecular complexity index is 483. The monoisotopic (exact) mass is 208 g/mol. The van der Waals surface area contributed by atoms with Gasteiger partial charge in [0.25, 0.3) is 0 Å². The maximum absolute atomic E-state index is 13.2. The lowest BCUT2D eigenvalue weighted by atomic mass is 10.2. The van der Waals surface area contributed by atoms with Crippen molar-refractivity contribution in [2.24, 2.45) is 0 Å². The minimum absolute atomic E-state index is 0.0370. The number of anilines is 3. The molecule has 0 saturated carbocycles. The number of hydrogen-bond donors (Lipinski definition) is 2. The molecule has 0 bridgehead atoms. The van der Waals surface area contributed by atoms with E-state index in [-0.39, 0.29) is 17.8 Å². The Labute approximate surface area is 85.1 Å². The summed E-state index contributed by atoms with van der Waals surface area (Å²) < 4.78 is 18.0. The first-order valence-corrected chi connectivity index (χ1v) is 4.27. The molecule has 0 aliphatic rings. The van der Waals surface area contributed by atoms with Crippen molar-refractivity contribution in [2.75, 3.05) is 11.1 Å². The number of rotatable bonds is 2. The van der Waals surface area contributed by atoms with Gasteiger partial charge < -0.3 is 15.5 Å². The normalized spacial score (nSPS) is 10.3. The molecule has 1 heterocycles. The van der Waals surface area contributed by atoms with Gasteiger partial charge in [-0.3, -0.25) is 0 Å². The van der Waals surface area contributed by atoms with E-state index in [0.717, 1.165) is 0 Å². The number of aryl methyl sites for hydroxylation is 1. The number of halogens is 1. The number of benzene rings is 1. The lowest BCUT2D eigenvalue weighted by Gasteiger charge is -2.02. The van der Waals surface area contributed by atoms with Gasteiger partial charge in [0.2, 0.25) is 0 Å². The molecule has 0 radical (unpaired) electrons. The van der Waals surface area contributed by atoms with Gasteiger partial charge >= 0.3 is 12.0 Å². The molecule has 3 N–H and O–H groups in total. The number of nitrogen functional groups attached to an aromatic ring is 1. The fourth-order valence-electron chi connectivity index (χ4n) is 1.08. The zero-order chi connectivity index (χ0) is 10.8. The first-order chi connectivity index (χ1) is 7.15. The van der Waals surface area contributed by atoms with Crippen LogP contribution in [0.5, 0.6) is 0 Å². The summed E-state index contributed by atoms with van der Waals surface area (Å²) in [5.74, 6) is -0.299. The second kappa shape index (κ2) is 3.56. The molecule has 2 aromatic rings. The standard InChI is InChI=1S/C9H9FN4O/c1-5-2-3-6(4-7(5)10)12-9-14-13-8(11)15-9/h2-4H,1H3,(H2,11,13)(H,12,14). The molecule has 1 aromatic carbocycles. The van der Waals surface area contributed by atoms with Crippen LogP contribution in [0.2, 0.25) is 0 Å². The lowest BCUT2D eigenvalue weighted by molar-refractivity contribution is 0.592. The predicted molar refractivity (Wildman–Crippen MR) is 53.1 cm³/mol. The zero-order valence-electron chi connectivity index (χ0n) is 7.99. The van der Waals surface area contributed by atoms with Crippen molar-refractivity contribution >= 4 is 17.7 Å². The molecule has 2 rings (SSSR count). The van der Waals surface area contributed by atoms with Gasteiger partial charge in [-0.1, -0.05) is 16.3 Å². The Kier molecular flexibility index (Phi) is 2.24. The minimum Gasteiger partial charge on any atom is -0.389 e.